The Morgan fingerprint density at radius 3 is 2.50 bits per heavy atom. The van der Waals surface area contributed by atoms with Crippen LogP contribution in [0.3, 0.4) is 0 Å². The van der Waals surface area contributed by atoms with Crippen LogP contribution in [-0.2, 0) is 17.9 Å². The van der Waals surface area contributed by atoms with Crippen LogP contribution in [0.4, 0.5) is 4.39 Å². The number of aromatic nitrogens is 2. The fraction of sp³-hybridized carbons (Fsp3) is 0.286. The molecule has 0 spiro atoms. The maximum atomic E-state index is 13.3. The number of rotatable bonds is 7. The first-order valence-corrected chi connectivity index (χ1v) is 9.22. The van der Waals surface area contributed by atoms with E-state index in [-0.39, 0.29) is 29.9 Å². The van der Waals surface area contributed by atoms with Crippen molar-refractivity contribution in [2.45, 2.75) is 33.0 Å². The molecule has 7 heteroatoms. The van der Waals surface area contributed by atoms with E-state index in [1.807, 2.05) is 11.4 Å². The number of fused-ring (bicyclic) bond motifs is 1. The van der Waals surface area contributed by atoms with E-state index in [1.54, 1.807) is 30.3 Å². The first kappa shape index (κ1) is 19.7. The Labute approximate surface area is 162 Å². The predicted octanol–water partition coefficient (Wildman–Crippen LogP) is 1.48. The number of hydrogen-bond donors (Lipinski definition) is 2. The lowest BCUT2D eigenvalue weighted by Crippen LogP contribution is -2.85. The zero-order valence-corrected chi connectivity index (χ0v) is 15.9. The average Bonchev–Trinajstić information content (AvgIpc) is 2.65. The fourth-order valence-corrected chi connectivity index (χ4v) is 3.40. The average molecular weight is 383 g/mol. The topological polar surface area (TPSA) is 94.6 Å². The molecule has 3 rings (SSSR count). The number of halogens is 1. The van der Waals surface area contributed by atoms with Gasteiger partial charge in [0, 0.05) is 11.5 Å². The minimum absolute atomic E-state index is 0.0472. The Kier molecular flexibility index (Phi) is 5.84. The molecule has 1 atom stereocenters. The Bertz CT molecular complexity index is 1040. The summed E-state index contributed by atoms with van der Waals surface area (Å²) in [6, 6.07) is 13.5. The molecule has 28 heavy (non-hydrogen) atoms. The largest absolute Gasteiger partial charge is 0.368 e. The maximum Gasteiger partial charge on any atom is 0.262 e. The molecule has 0 aliphatic carbocycles. The van der Waals surface area contributed by atoms with Gasteiger partial charge in [-0.25, -0.2) is 9.37 Å². The quantitative estimate of drug-likeness (QED) is 0.647. The molecule has 0 aliphatic rings. The van der Waals surface area contributed by atoms with Crippen LogP contribution in [0.2, 0.25) is 0 Å². The second-order valence-electron chi connectivity index (χ2n) is 7.16. The maximum absolute atomic E-state index is 13.3. The van der Waals surface area contributed by atoms with Gasteiger partial charge in [0.2, 0.25) is 5.91 Å². The number of carbonyl (C=O) groups is 1. The first-order valence-electron chi connectivity index (χ1n) is 9.22. The van der Waals surface area contributed by atoms with Crippen LogP contribution in [0.1, 0.15) is 31.3 Å². The van der Waals surface area contributed by atoms with E-state index in [4.69, 9.17) is 5.73 Å². The number of nitrogens with zero attached hydrogens (tertiary/aromatic N) is 2. The molecule has 2 aromatic carbocycles. The van der Waals surface area contributed by atoms with E-state index in [2.05, 4.69) is 18.8 Å². The van der Waals surface area contributed by atoms with E-state index >= 15 is 0 Å². The molecule has 0 aliphatic heterocycles. The summed E-state index contributed by atoms with van der Waals surface area (Å²) >= 11 is 0. The van der Waals surface area contributed by atoms with Crippen molar-refractivity contribution in [1.29, 1.82) is 0 Å². The molecule has 1 amide bonds. The van der Waals surface area contributed by atoms with Gasteiger partial charge in [0.05, 0.1) is 10.9 Å². The molecule has 0 bridgehead atoms. The van der Waals surface area contributed by atoms with Crippen molar-refractivity contribution >= 4 is 16.8 Å². The van der Waals surface area contributed by atoms with Gasteiger partial charge in [-0.15, -0.1) is 0 Å². The van der Waals surface area contributed by atoms with Gasteiger partial charge in [-0.3, -0.25) is 14.2 Å². The van der Waals surface area contributed by atoms with E-state index in [1.165, 1.54) is 16.7 Å². The minimum Gasteiger partial charge on any atom is -0.368 e. The number of carbonyl (C=O) groups excluding carboxylic acids is 1. The summed E-state index contributed by atoms with van der Waals surface area (Å²) in [7, 11) is 0. The number of para-hydroxylation sites is 1. The highest BCUT2D eigenvalue weighted by atomic mass is 19.1. The highest BCUT2D eigenvalue weighted by Gasteiger charge is 2.21. The van der Waals surface area contributed by atoms with Gasteiger partial charge in [-0.2, -0.15) is 0 Å². The third-order valence-electron chi connectivity index (χ3n) is 4.78. The van der Waals surface area contributed by atoms with Crippen molar-refractivity contribution in [3.05, 3.63) is 76.1 Å². The summed E-state index contributed by atoms with van der Waals surface area (Å²) in [5.41, 5.74) is 6.63. The molecule has 6 nitrogen and oxygen atoms in total. The van der Waals surface area contributed by atoms with Crippen molar-refractivity contribution in [3.63, 3.8) is 0 Å². The van der Waals surface area contributed by atoms with Crippen molar-refractivity contribution in [1.82, 2.24) is 9.55 Å². The number of amides is 1. The lowest BCUT2D eigenvalue weighted by Gasteiger charge is -2.20. The highest BCUT2D eigenvalue weighted by molar-refractivity contribution is 5.78. The normalized spacial score (nSPS) is 12.4. The van der Waals surface area contributed by atoms with E-state index in [0.717, 1.165) is 5.56 Å². The molecule has 3 aromatic rings. The van der Waals surface area contributed by atoms with Gasteiger partial charge < -0.3 is 11.1 Å². The molecule has 0 unspecified atom stereocenters. The van der Waals surface area contributed by atoms with Crippen LogP contribution in [0.5, 0.6) is 0 Å². The Hall–Kier alpha value is -3.06. The second kappa shape index (κ2) is 8.31. The smallest absolute Gasteiger partial charge is 0.262 e. The molecule has 4 N–H and O–H groups in total. The van der Waals surface area contributed by atoms with Gasteiger partial charge >= 0.3 is 0 Å². The van der Waals surface area contributed by atoms with Crippen LogP contribution in [0, 0.1) is 11.7 Å². The summed E-state index contributed by atoms with van der Waals surface area (Å²) in [5.74, 6) is -0.130. The SMILES string of the molecule is CC(C)[C@@H]([NH2+]Cc1nc2ccccc2c(=O)n1CC(N)=O)c1ccc(F)cc1. The number of benzene rings is 2. The lowest BCUT2D eigenvalue weighted by atomic mass is 9.96. The molecule has 0 saturated heterocycles. The third kappa shape index (κ3) is 4.26. The molecule has 1 heterocycles. The summed E-state index contributed by atoms with van der Waals surface area (Å²) in [4.78, 5) is 28.9. The molecule has 146 valence electrons. The second-order valence-corrected chi connectivity index (χ2v) is 7.16. The minimum atomic E-state index is -0.598. The van der Waals surface area contributed by atoms with E-state index in [9.17, 15) is 14.0 Å². The van der Waals surface area contributed by atoms with Crippen LogP contribution < -0.4 is 16.6 Å². The molecular weight excluding hydrogens is 359 g/mol. The van der Waals surface area contributed by atoms with Crippen LogP contribution in [0.15, 0.2) is 53.3 Å². The van der Waals surface area contributed by atoms with Crippen molar-refractivity contribution in [3.8, 4) is 0 Å². The van der Waals surface area contributed by atoms with Crippen molar-refractivity contribution < 1.29 is 14.5 Å². The third-order valence-corrected chi connectivity index (χ3v) is 4.78. The Balaban J connectivity index is 1.96. The van der Waals surface area contributed by atoms with Crippen LogP contribution >= 0.6 is 0 Å². The lowest BCUT2D eigenvalue weighted by molar-refractivity contribution is -0.718. The number of hydrogen-bond acceptors (Lipinski definition) is 3. The first-order chi connectivity index (χ1) is 13.4. The molecule has 0 saturated carbocycles. The summed E-state index contributed by atoms with van der Waals surface area (Å²) in [6.07, 6.45) is 0. The standard InChI is InChI=1S/C21H23FN4O2/c1-13(2)20(14-7-9-15(22)10-8-14)24-11-19-25-17-6-4-3-5-16(17)21(28)26(19)12-18(23)27/h3-10,13,20,24H,11-12H2,1-2H3,(H2,23,27)/p+1/t20-/m1/s1. The number of primary amides is 1. The van der Waals surface area contributed by atoms with Gasteiger partial charge in [-0.05, 0) is 24.3 Å². The molecule has 1 aromatic heterocycles. The Morgan fingerprint density at radius 1 is 1.18 bits per heavy atom. The summed E-state index contributed by atoms with van der Waals surface area (Å²) in [6.45, 7) is 4.32. The van der Waals surface area contributed by atoms with Gasteiger partial charge in [0.25, 0.3) is 5.56 Å². The predicted molar refractivity (Wildman–Crippen MR) is 105 cm³/mol. The Morgan fingerprint density at radius 2 is 1.86 bits per heavy atom. The molecular formula is C21H24FN4O2+. The van der Waals surface area contributed by atoms with Gasteiger partial charge in [0.1, 0.15) is 24.9 Å². The molecule has 0 fully saturated rings. The summed E-state index contributed by atoms with van der Waals surface area (Å²) < 4.78 is 14.6. The zero-order valence-electron chi connectivity index (χ0n) is 15.9. The van der Waals surface area contributed by atoms with Gasteiger partial charge in [0.15, 0.2) is 5.82 Å². The van der Waals surface area contributed by atoms with E-state index < -0.39 is 5.91 Å². The van der Waals surface area contributed by atoms with Crippen molar-refractivity contribution in [2.24, 2.45) is 11.7 Å². The number of quaternary nitrogens is 1. The van der Waals surface area contributed by atoms with E-state index in [0.29, 0.717) is 23.3 Å². The highest BCUT2D eigenvalue weighted by Crippen LogP contribution is 2.18. The van der Waals surface area contributed by atoms with Crippen LogP contribution in [-0.4, -0.2) is 15.5 Å². The molecule has 0 radical (unpaired) electrons. The zero-order chi connectivity index (χ0) is 20.3. The monoisotopic (exact) mass is 383 g/mol. The summed E-state index contributed by atoms with van der Waals surface area (Å²) in [5, 5.41) is 2.50. The van der Waals surface area contributed by atoms with Gasteiger partial charge in [-0.1, -0.05) is 38.1 Å². The number of nitrogens with two attached hydrogens (primary N) is 2. The fourth-order valence-electron chi connectivity index (χ4n) is 3.40. The van der Waals surface area contributed by atoms with Crippen molar-refractivity contribution in [2.75, 3.05) is 0 Å². The van der Waals surface area contributed by atoms with Crippen LogP contribution in [0.25, 0.3) is 10.9 Å².